The zero-order chi connectivity index (χ0) is 16.2. The minimum absolute atomic E-state index is 0.403. The van der Waals surface area contributed by atoms with E-state index in [4.69, 9.17) is 21.6 Å². The highest BCUT2D eigenvalue weighted by atomic mass is 79.9. The van der Waals surface area contributed by atoms with Crippen molar-refractivity contribution in [1.82, 2.24) is 9.97 Å². The molecule has 2 nitrogen and oxygen atoms in total. The van der Waals surface area contributed by atoms with E-state index in [1.807, 2.05) is 42.5 Å². The number of fused-ring (bicyclic) bond motifs is 1. The monoisotopic (exact) mass is 470 g/mol. The van der Waals surface area contributed by atoms with Crippen LogP contribution in [0.1, 0.15) is 0 Å². The normalized spacial score (nSPS) is 12.5. The molecule has 3 rings (SSSR count). The molecular formula is C17H13Br2ClN2S. The number of thioether (sulfide) groups is 1. The van der Waals surface area contributed by atoms with Gasteiger partial charge in [0.1, 0.15) is 5.03 Å². The maximum Gasteiger partial charge on any atom is 0.161 e. The third-order valence-electron chi connectivity index (χ3n) is 3.24. The summed E-state index contributed by atoms with van der Waals surface area (Å²) < 4.78 is 0. The van der Waals surface area contributed by atoms with Crippen LogP contribution < -0.4 is 0 Å². The smallest absolute Gasteiger partial charge is 0.161 e. The SMILES string of the molecule is Clc1ccc(-c2nc(SCC(Br)CBr)c3ccccc3n2)cc1. The standard InChI is InChI=1S/C17H13Br2ClN2S/c18-9-12(19)10-23-17-14-3-1-2-4-15(14)21-16(22-17)11-5-7-13(20)8-6-11/h1-8,12H,9-10H2. The first-order valence-electron chi connectivity index (χ1n) is 7.03. The molecule has 0 N–H and O–H groups in total. The molecule has 0 amide bonds. The third kappa shape index (κ3) is 4.27. The Labute approximate surface area is 161 Å². The van der Waals surface area contributed by atoms with E-state index in [9.17, 15) is 0 Å². The number of benzene rings is 2. The van der Waals surface area contributed by atoms with E-state index >= 15 is 0 Å². The first-order chi connectivity index (χ1) is 11.2. The van der Waals surface area contributed by atoms with Gasteiger partial charge in [-0.2, -0.15) is 0 Å². The van der Waals surface area contributed by atoms with Gasteiger partial charge in [-0.15, -0.1) is 11.8 Å². The Bertz CT molecular complexity index is 811. The van der Waals surface area contributed by atoms with Gasteiger partial charge in [-0.05, 0) is 30.3 Å². The molecule has 2 aromatic carbocycles. The van der Waals surface area contributed by atoms with Crippen LogP contribution >= 0.6 is 55.2 Å². The van der Waals surface area contributed by atoms with Gasteiger partial charge in [-0.1, -0.05) is 61.7 Å². The molecule has 1 aromatic heterocycles. The molecule has 0 aliphatic carbocycles. The Balaban J connectivity index is 2.04. The summed E-state index contributed by atoms with van der Waals surface area (Å²) >= 11 is 14.8. The van der Waals surface area contributed by atoms with Crippen molar-refractivity contribution in [3.63, 3.8) is 0 Å². The lowest BCUT2D eigenvalue weighted by Crippen LogP contribution is -2.03. The summed E-state index contributed by atoms with van der Waals surface area (Å²) in [6.45, 7) is 0. The van der Waals surface area contributed by atoms with Crippen LogP contribution in [0.15, 0.2) is 53.6 Å². The quantitative estimate of drug-likeness (QED) is 0.251. The Morgan fingerprint density at radius 1 is 1.04 bits per heavy atom. The highest BCUT2D eigenvalue weighted by Crippen LogP contribution is 2.30. The Kier molecular flexibility index (Phi) is 5.96. The molecule has 0 radical (unpaired) electrons. The van der Waals surface area contributed by atoms with Crippen molar-refractivity contribution in [2.24, 2.45) is 0 Å². The van der Waals surface area contributed by atoms with Gasteiger partial charge in [0.25, 0.3) is 0 Å². The van der Waals surface area contributed by atoms with Crippen molar-refractivity contribution in [3.8, 4) is 11.4 Å². The van der Waals surface area contributed by atoms with Crippen LogP contribution in [0.25, 0.3) is 22.3 Å². The maximum atomic E-state index is 5.97. The Hall–Kier alpha value is -0.620. The highest BCUT2D eigenvalue weighted by molar-refractivity contribution is 9.12. The van der Waals surface area contributed by atoms with Crippen molar-refractivity contribution in [2.45, 2.75) is 9.85 Å². The molecule has 0 aliphatic heterocycles. The minimum atomic E-state index is 0.403. The predicted octanol–water partition coefficient (Wildman–Crippen LogP) is 6.20. The molecule has 0 saturated heterocycles. The number of para-hydroxylation sites is 1. The molecule has 0 fully saturated rings. The number of halogens is 3. The molecular weight excluding hydrogens is 460 g/mol. The van der Waals surface area contributed by atoms with Crippen LogP contribution in [-0.4, -0.2) is 25.9 Å². The second-order valence-electron chi connectivity index (χ2n) is 4.94. The molecule has 6 heteroatoms. The molecule has 1 atom stereocenters. The lowest BCUT2D eigenvalue weighted by atomic mass is 10.2. The van der Waals surface area contributed by atoms with E-state index in [2.05, 4.69) is 37.9 Å². The van der Waals surface area contributed by atoms with Crippen LogP contribution in [0.2, 0.25) is 5.02 Å². The molecule has 1 unspecified atom stereocenters. The van der Waals surface area contributed by atoms with Crippen molar-refractivity contribution >= 4 is 66.1 Å². The second-order valence-corrected chi connectivity index (χ2v) is 8.33. The van der Waals surface area contributed by atoms with Crippen LogP contribution in [-0.2, 0) is 0 Å². The fraction of sp³-hybridized carbons (Fsp3) is 0.176. The summed E-state index contributed by atoms with van der Waals surface area (Å²) in [6, 6.07) is 15.7. The maximum absolute atomic E-state index is 5.97. The van der Waals surface area contributed by atoms with Crippen molar-refractivity contribution in [2.75, 3.05) is 11.1 Å². The van der Waals surface area contributed by atoms with Crippen molar-refractivity contribution in [1.29, 1.82) is 0 Å². The summed E-state index contributed by atoms with van der Waals surface area (Å²) in [7, 11) is 0. The van der Waals surface area contributed by atoms with Gasteiger partial charge in [0.05, 0.1) is 5.52 Å². The average molecular weight is 473 g/mol. The van der Waals surface area contributed by atoms with Gasteiger partial charge in [0.15, 0.2) is 5.82 Å². The number of hydrogen-bond donors (Lipinski definition) is 0. The van der Waals surface area contributed by atoms with Gasteiger partial charge < -0.3 is 0 Å². The number of alkyl halides is 2. The largest absolute Gasteiger partial charge is 0.228 e. The number of rotatable bonds is 5. The summed E-state index contributed by atoms with van der Waals surface area (Å²) in [5, 5.41) is 3.71. The van der Waals surface area contributed by atoms with Gasteiger partial charge in [-0.25, -0.2) is 9.97 Å². The van der Waals surface area contributed by atoms with E-state index < -0.39 is 0 Å². The second kappa shape index (κ2) is 7.97. The van der Waals surface area contributed by atoms with Crippen LogP contribution in [0.5, 0.6) is 0 Å². The van der Waals surface area contributed by atoms with Crippen LogP contribution in [0.3, 0.4) is 0 Å². The topological polar surface area (TPSA) is 25.8 Å². The number of hydrogen-bond acceptors (Lipinski definition) is 3. The van der Waals surface area contributed by atoms with E-state index in [1.165, 1.54) is 0 Å². The van der Waals surface area contributed by atoms with Crippen molar-refractivity contribution in [3.05, 3.63) is 53.6 Å². The predicted molar refractivity (Wildman–Crippen MR) is 107 cm³/mol. The van der Waals surface area contributed by atoms with Gasteiger partial charge in [0, 0.05) is 31.9 Å². The van der Waals surface area contributed by atoms with Gasteiger partial charge in [-0.3, -0.25) is 0 Å². The molecule has 1 heterocycles. The highest BCUT2D eigenvalue weighted by Gasteiger charge is 2.11. The molecule has 0 aliphatic rings. The fourth-order valence-electron chi connectivity index (χ4n) is 2.10. The summed E-state index contributed by atoms with van der Waals surface area (Å²) in [6.07, 6.45) is 0. The summed E-state index contributed by atoms with van der Waals surface area (Å²) in [4.78, 5) is 9.88. The molecule has 23 heavy (non-hydrogen) atoms. The molecule has 0 saturated carbocycles. The summed E-state index contributed by atoms with van der Waals surface area (Å²) in [5.41, 5.74) is 1.93. The van der Waals surface area contributed by atoms with E-state index in [1.54, 1.807) is 11.8 Å². The van der Waals surface area contributed by atoms with E-state index in [0.717, 1.165) is 38.4 Å². The fourth-order valence-corrected chi connectivity index (χ4v) is 4.09. The first-order valence-corrected chi connectivity index (χ1v) is 10.4. The zero-order valence-electron chi connectivity index (χ0n) is 12.0. The first kappa shape index (κ1) is 17.2. The molecule has 3 aromatic rings. The van der Waals surface area contributed by atoms with Crippen LogP contribution in [0.4, 0.5) is 0 Å². The van der Waals surface area contributed by atoms with E-state index in [0.29, 0.717) is 9.85 Å². The zero-order valence-corrected chi connectivity index (χ0v) is 16.8. The summed E-state index contributed by atoms with van der Waals surface area (Å²) in [5.74, 6) is 1.67. The lowest BCUT2D eigenvalue weighted by molar-refractivity contribution is 1.10. The third-order valence-corrected chi connectivity index (χ3v) is 7.37. The lowest BCUT2D eigenvalue weighted by Gasteiger charge is -2.10. The minimum Gasteiger partial charge on any atom is -0.228 e. The molecule has 118 valence electrons. The Morgan fingerprint density at radius 3 is 2.52 bits per heavy atom. The average Bonchev–Trinajstić information content (AvgIpc) is 2.59. The van der Waals surface area contributed by atoms with Crippen molar-refractivity contribution < 1.29 is 0 Å². The van der Waals surface area contributed by atoms with E-state index in [-0.39, 0.29) is 0 Å². The number of nitrogens with zero attached hydrogens (tertiary/aromatic N) is 2. The van der Waals surface area contributed by atoms with Gasteiger partial charge >= 0.3 is 0 Å². The molecule has 0 spiro atoms. The number of aromatic nitrogens is 2. The molecule has 0 bridgehead atoms. The Morgan fingerprint density at radius 2 is 1.78 bits per heavy atom. The van der Waals surface area contributed by atoms with Gasteiger partial charge in [0.2, 0.25) is 0 Å². The van der Waals surface area contributed by atoms with Crippen LogP contribution in [0, 0.1) is 0 Å².